The fourth-order valence-electron chi connectivity index (χ4n) is 1.60. The highest BCUT2D eigenvalue weighted by Crippen LogP contribution is 2.25. The molecule has 96 valence electrons. The van der Waals surface area contributed by atoms with Crippen LogP contribution in [0.3, 0.4) is 0 Å². The summed E-state index contributed by atoms with van der Waals surface area (Å²) >= 11 is 0. The first kappa shape index (κ1) is 12.6. The van der Waals surface area contributed by atoms with Crippen LogP contribution in [-0.4, -0.2) is 16.5 Å². The lowest BCUT2D eigenvalue weighted by Gasteiger charge is -2.09. The molecule has 18 heavy (non-hydrogen) atoms. The van der Waals surface area contributed by atoms with Crippen molar-refractivity contribution in [3.63, 3.8) is 0 Å². The average Bonchev–Trinajstić information content (AvgIpc) is 2.34. The number of fused-ring (bicyclic) bond motifs is 1. The molecule has 1 aromatic heterocycles. The Bertz CT molecular complexity index is 558. The number of hydrogen-bond donors (Lipinski definition) is 1. The molecule has 0 atom stereocenters. The Hall–Kier alpha value is -1.85. The lowest BCUT2D eigenvalue weighted by molar-refractivity contribution is 0.141. The number of alkyl halides is 2. The molecule has 0 aliphatic heterocycles. The van der Waals surface area contributed by atoms with Crippen molar-refractivity contribution in [1.29, 1.82) is 0 Å². The second-order valence-corrected chi connectivity index (χ2v) is 3.82. The quantitative estimate of drug-likeness (QED) is 0.908. The third-order valence-electron chi connectivity index (χ3n) is 2.41. The topological polar surface area (TPSA) is 37.8 Å². The summed E-state index contributed by atoms with van der Waals surface area (Å²) in [5, 5.41) is 3.48. The molecule has 0 spiro atoms. The minimum absolute atomic E-state index is 0.180. The number of nitrogens with zero attached hydrogens (tertiary/aromatic N) is 2. The number of nitrogens with one attached hydrogen (secondary N) is 1. The van der Waals surface area contributed by atoms with Crippen molar-refractivity contribution in [2.45, 2.75) is 19.8 Å². The van der Waals surface area contributed by atoms with Crippen molar-refractivity contribution < 1.29 is 13.2 Å². The molecule has 1 heterocycles. The molecule has 2 rings (SSSR count). The van der Waals surface area contributed by atoms with E-state index in [9.17, 15) is 13.2 Å². The predicted octanol–water partition coefficient (Wildman–Crippen LogP) is 3.53. The van der Waals surface area contributed by atoms with Crippen LogP contribution in [0.5, 0.6) is 0 Å². The summed E-state index contributed by atoms with van der Waals surface area (Å²) in [5.74, 6) is -0.785. The van der Waals surface area contributed by atoms with Gasteiger partial charge in [-0.05, 0) is 18.6 Å². The highest BCUT2D eigenvalue weighted by molar-refractivity contribution is 5.89. The monoisotopic (exact) mass is 255 g/mol. The minimum Gasteiger partial charge on any atom is -0.369 e. The van der Waals surface area contributed by atoms with Crippen molar-refractivity contribution >= 4 is 16.7 Å². The summed E-state index contributed by atoms with van der Waals surface area (Å²) in [4.78, 5) is 7.44. The Morgan fingerprint density at radius 3 is 2.72 bits per heavy atom. The van der Waals surface area contributed by atoms with Crippen LogP contribution in [0, 0.1) is 5.82 Å². The Labute approximate surface area is 102 Å². The highest BCUT2D eigenvalue weighted by atomic mass is 19.3. The molecule has 6 heteroatoms. The van der Waals surface area contributed by atoms with Crippen molar-refractivity contribution in [2.75, 3.05) is 11.9 Å². The van der Waals surface area contributed by atoms with Crippen LogP contribution in [0.15, 0.2) is 18.2 Å². The normalized spacial score (nSPS) is 11.2. The number of hydrogen-bond acceptors (Lipinski definition) is 3. The van der Waals surface area contributed by atoms with E-state index in [1.54, 1.807) is 0 Å². The van der Waals surface area contributed by atoms with E-state index in [1.165, 1.54) is 12.1 Å². The average molecular weight is 255 g/mol. The highest BCUT2D eigenvalue weighted by Gasteiger charge is 2.15. The van der Waals surface area contributed by atoms with E-state index in [0.717, 1.165) is 12.5 Å². The summed E-state index contributed by atoms with van der Waals surface area (Å²) in [6.45, 7) is 2.55. The lowest BCUT2D eigenvalue weighted by Crippen LogP contribution is -2.06. The SMILES string of the molecule is CCCNc1nc(C(F)F)nc2cc(F)ccc12. The number of benzene rings is 1. The van der Waals surface area contributed by atoms with E-state index in [1.807, 2.05) is 6.92 Å². The van der Waals surface area contributed by atoms with Crippen LogP contribution in [0.1, 0.15) is 25.6 Å². The van der Waals surface area contributed by atoms with Gasteiger partial charge in [0.2, 0.25) is 0 Å². The van der Waals surface area contributed by atoms with Crippen molar-refractivity contribution in [3.8, 4) is 0 Å². The second-order valence-electron chi connectivity index (χ2n) is 3.82. The van der Waals surface area contributed by atoms with E-state index < -0.39 is 18.1 Å². The molecule has 0 aliphatic rings. The van der Waals surface area contributed by atoms with Crippen LogP contribution in [0.2, 0.25) is 0 Å². The zero-order valence-corrected chi connectivity index (χ0v) is 9.75. The smallest absolute Gasteiger partial charge is 0.297 e. The summed E-state index contributed by atoms with van der Waals surface area (Å²) < 4.78 is 38.4. The third kappa shape index (κ3) is 2.52. The molecule has 2 aromatic rings. The fraction of sp³-hybridized carbons (Fsp3) is 0.333. The molecular weight excluding hydrogens is 243 g/mol. The van der Waals surface area contributed by atoms with Gasteiger partial charge in [-0.3, -0.25) is 0 Å². The van der Waals surface area contributed by atoms with Gasteiger partial charge in [0.1, 0.15) is 11.6 Å². The van der Waals surface area contributed by atoms with Gasteiger partial charge in [-0.25, -0.2) is 23.1 Å². The summed E-state index contributed by atoms with van der Waals surface area (Å²) in [6.07, 6.45) is -1.95. The van der Waals surface area contributed by atoms with Gasteiger partial charge >= 0.3 is 0 Å². The Morgan fingerprint density at radius 2 is 2.06 bits per heavy atom. The Kier molecular flexibility index (Phi) is 3.64. The number of anilines is 1. The van der Waals surface area contributed by atoms with E-state index >= 15 is 0 Å². The van der Waals surface area contributed by atoms with Gasteiger partial charge in [0.15, 0.2) is 5.82 Å². The third-order valence-corrected chi connectivity index (χ3v) is 2.41. The molecule has 0 unspecified atom stereocenters. The van der Waals surface area contributed by atoms with E-state index in [0.29, 0.717) is 17.7 Å². The molecular formula is C12H12F3N3. The van der Waals surface area contributed by atoms with Crippen LogP contribution < -0.4 is 5.32 Å². The zero-order valence-electron chi connectivity index (χ0n) is 9.75. The summed E-state index contributed by atoms with van der Waals surface area (Å²) in [5.41, 5.74) is 0.180. The lowest BCUT2D eigenvalue weighted by atomic mass is 10.2. The summed E-state index contributed by atoms with van der Waals surface area (Å²) in [6, 6.07) is 3.86. The predicted molar refractivity (Wildman–Crippen MR) is 63.2 cm³/mol. The summed E-state index contributed by atoms with van der Waals surface area (Å²) in [7, 11) is 0. The Morgan fingerprint density at radius 1 is 1.28 bits per heavy atom. The largest absolute Gasteiger partial charge is 0.369 e. The number of rotatable bonds is 4. The molecule has 0 saturated carbocycles. The standard InChI is InChI=1S/C12H12F3N3/c1-2-5-16-11-8-4-3-7(13)6-9(8)17-12(18-11)10(14)15/h3-4,6,10H,2,5H2,1H3,(H,16,17,18). The van der Waals surface area contributed by atoms with Gasteiger partial charge in [-0.15, -0.1) is 0 Å². The maximum Gasteiger partial charge on any atom is 0.297 e. The molecule has 1 N–H and O–H groups in total. The van der Waals surface area contributed by atoms with Gasteiger partial charge in [0, 0.05) is 18.0 Å². The zero-order chi connectivity index (χ0) is 13.1. The van der Waals surface area contributed by atoms with Crippen LogP contribution in [0.4, 0.5) is 19.0 Å². The van der Waals surface area contributed by atoms with Crippen molar-refractivity contribution in [2.24, 2.45) is 0 Å². The van der Waals surface area contributed by atoms with Crippen LogP contribution >= 0.6 is 0 Å². The minimum atomic E-state index is -2.78. The number of halogens is 3. The van der Waals surface area contributed by atoms with Gasteiger partial charge in [-0.1, -0.05) is 6.92 Å². The second kappa shape index (κ2) is 5.20. The molecule has 1 aromatic carbocycles. The van der Waals surface area contributed by atoms with Gasteiger partial charge in [0.05, 0.1) is 5.52 Å². The van der Waals surface area contributed by atoms with Gasteiger partial charge in [0.25, 0.3) is 6.43 Å². The molecule has 0 aliphatic carbocycles. The van der Waals surface area contributed by atoms with E-state index in [4.69, 9.17) is 0 Å². The molecule has 3 nitrogen and oxygen atoms in total. The van der Waals surface area contributed by atoms with E-state index in [2.05, 4.69) is 15.3 Å². The maximum atomic E-state index is 13.1. The van der Waals surface area contributed by atoms with Crippen LogP contribution in [-0.2, 0) is 0 Å². The van der Waals surface area contributed by atoms with Gasteiger partial charge < -0.3 is 5.32 Å². The van der Waals surface area contributed by atoms with E-state index in [-0.39, 0.29) is 5.52 Å². The first-order chi connectivity index (χ1) is 8.61. The number of aromatic nitrogens is 2. The van der Waals surface area contributed by atoms with Gasteiger partial charge in [-0.2, -0.15) is 0 Å². The molecule has 0 bridgehead atoms. The van der Waals surface area contributed by atoms with Crippen LogP contribution in [0.25, 0.3) is 10.9 Å². The molecule has 0 amide bonds. The Balaban J connectivity index is 2.57. The molecule has 0 saturated heterocycles. The first-order valence-electron chi connectivity index (χ1n) is 5.61. The maximum absolute atomic E-state index is 13.1. The first-order valence-corrected chi connectivity index (χ1v) is 5.61. The van der Waals surface area contributed by atoms with Crippen molar-refractivity contribution in [1.82, 2.24) is 9.97 Å². The fourth-order valence-corrected chi connectivity index (χ4v) is 1.60. The van der Waals surface area contributed by atoms with Crippen molar-refractivity contribution in [3.05, 3.63) is 29.8 Å². The molecule has 0 fully saturated rings. The molecule has 0 radical (unpaired) electrons.